The van der Waals surface area contributed by atoms with Gasteiger partial charge in [-0.05, 0) is 35.9 Å². The fourth-order valence-corrected chi connectivity index (χ4v) is 2.46. The Kier molecular flexibility index (Phi) is 4.18. The van der Waals surface area contributed by atoms with Gasteiger partial charge in [-0.15, -0.1) is 0 Å². The number of nitrogens with zero attached hydrogens (tertiary/aromatic N) is 2. The maximum Gasteiger partial charge on any atom is 0.324 e. The van der Waals surface area contributed by atoms with E-state index in [1.807, 2.05) is 0 Å². The van der Waals surface area contributed by atoms with E-state index in [-0.39, 0.29) is 13.0 Å². The first-order valence-corrected chi connectivity index (χ1v) is 7.75. The van der Waals surface area contributed by atoms with Gasteiger partial charge < -0.3 is 5.11 Å². The molecule has 0 unspecified atom stereocenters. The van der Waals surface area contributed by atoms with Crippen molar-refractivity contribution in [3.8, 4) is 0 Å². The molecule has 0 aromatic carbocycles. The minimum atomic E-state index is -3.67. The quantitative estimate of drug-likeness (QED) is 0.772. The fourth-order valence-electron chi connectivity index (χ4n) is 1.24. The second-order valence-corrected chi connectivity index (χ2v) is 7.67. The van der Waals surface area contributed by atoms with Gasteiger partial charge in [0.25, 0.3) is 0 Å². The number of aliphatic carboxylic acids is 1. The third-order valence-corrected chi connectivity index (χ3v) is 5.26. The average molecular weight is 372 g/mol. The van der Waals surface area contributed by atoms with Crippen molar-refractivity contribution < 1.29 is 18.3 Å². The van der Waals surface area contributed by atoms with Crippen LogP contribution in [0.1, 0.15) is 13.3 Å². The molecule has 96 valence electrons. The molecule has 1 aromatic rings. The third kappa shape index (κ3) is 3.18. The summed E-state index contributed by atoms with van der Waals surface area (Å²) in [5, 5.41) is 13.0. The molecule has 6 nitrogen and oxygen atoms in total. The number of halogens is 1. The van der Waals surface area contributed by atoms with Crippen LogP contribution in [0.4, 0.5) is 0 Å². The average Bonchev–Trinajstić information content (AvgIpc) is 2.58. The normalized spacial score (nSPS) is 15.5. The van der Waals surface area contributed by atoms with Crippen molar-refractivity contribution in [2.24, 2.45) is 0 Å². The van der Waals surface area contributed by atoms with Gasteiger partial charge in [0, 0.05) is 19.0 Å². The van der Waals surface area contributed by atoms with Gasteiger partial charge in [-0.1, -0.05) is 0 Å². The SMILES string of the molecule is C[C@@](CCn1cc(I)cn1)(C(=O)O)S(C)(=O)=O. The summed E-state index contributed by atoms with van der Waals surface area (Å²) in [6.45, 7) is 1.47. The van der Waals surface area contributed by atoms with Gasteiger partial charge in [0.15, 0.2) is 14.6 Å². The molecule has 1 atom stereocenters. The Labute approximate surface area is 113 Å². The summed E-state index contributed by atoms with van der Waals surface area (Å²) in [4.78, 5) is 11.1. The van der Waals surface area contributed by atoms with Crippen LogP contribution >= 0.6 is 22.6 Å². The molecule has 0 bridgehead atoms. The van der Waals surface area contributed by atoms with E-state index in [0.29, 0.717) is 0 Å². The molecule has 0 aliphatic carbocycles. The molecule has 0 saturated carbocycles. The van der Waals surface area contributed by atoms with Gasteiger partial charge in [0.2, 0.25) is 0 Å². The Hall–Kier alpha value is -0.640. The van der Waals surface area contributed by atoms with Gasteiger partial charge in [0.05, 0.1) is 9.77 Å². The smallest absolute Gasteiger partial charge is 0.324 e. The highest BCUT2D eigenvalue weighted by Crippen LogP contribution is 2.22. The molecule has 0 saturated heterocycles. The summed E-state index contributed by atoms with van der Waals surface area (Å²) in [5.41, 5.74) is 0. The first kappa shape index (κ1) is 14.4. The minimum absolute atomic E-state index is 0.0150. The van der Waals surface area contributed by atoms with Crippen molar-refractivity contribution in [1.82, 2.24) is 9.78 Å². The molecule has 0 spiro atoms. The molecular weight excluding hydrogens is 359 g/mol. The van der Waals surface area contributed by atoms with E-state index in [1.54, 1.807) is 12.4 Å². The van der Waals surface area contributed by atoms with Crippen LogP contribution in [0.15, 0.2) is 12.4 Å². The number of carboxylic acid groups (broad SMARTS) is 1. The van der Waals surface area contributed by atoms with E-state index < -0.39 is 20.6 Å². The van der Waals surface area contributed by atoms with Gasteiger partial charge >= 0.3 is 5.97 Å². The molecule has 0 aliphatic rings. The largest absolute Gasteiger partial charge is 0.480 e. The Morgan fingerprint density at radius 3 is 2.59 bits per heavy atom. The summed E-state index contributed by atoms with van der Waals surface area (Å²) >= 11 is 2.07. The second kappa shape index (κ2) is 4.92. The van der Waals surface area contributed by atoms with E-state index in [2.05, 4.69) is 27.7 Å². The number of sulfone groups is 1. The molecule has 1 aromatic heterocycles. The van der Waals surface area contributed by atoms with Crippen molar-refractivity contribution in [2.45, 2.75) is 24.6 Å². The summed E-state index contributed by atoms with van der Waals surface area (Å²) in [7, 11) is -3.67. The number of carboxylic acids is 1. The summed E-state index contributed by atoms with van der Waals surface area (Å²) in [5.74, 6) is -1.33. The Morgan fingerprint density at radius 2 is 2.24 bits per heavy atom. The fraction of sp³-hybridized carbons (Fsp3) is 0.556. The molecule has 1 rings (SSSR count). The van der Waals surface area contributed by atoms with Crippen LogP contribution in [0.3, 0.4) is 0 Å². The van der Waals surface area contributed by atoms with Crippen LogP contribution in [-0.4, -0.2) is 40.3 Å². The van der Waals surface area contributed by atoms with Gasteiger partial charge in [-0.25, -0.2) is 8.42 Å². The van der Waals surface area contributed by atoms with E-state index >= 15 is 0 Å². The van der Waals surface area contributed by atoms with Crippen LogP contribution in [0.25, 0.3) is 0 Å². The number of aryl methyl sites for hydroxylation is 1. The zero-order valence-electron chi connectivity index (χ0n) is 9.42. The summed E-state index contributed by atoms with van der Waals surface area (Å²) in [6, 6.07) is 0. The first-order valence-electron chi connectivity index (χ1n) is 4.78. The van der Waals surface area contributed by atoms with Crippen LogP contribution in [0, 0.1) is 3.57 Å². The van der Waals surface area contributed by atoms with Crippen molar-refractivity contribution in [2.75, 3.05) is 6.26 Å². The predicted octanol–water partition coefficient (Wildman–Crippen LogP) is 0.766. The third-order valence-electron chi connectivity index (χ3n) is 2.69. The minimum Gasteiger partial charge on any atom is -0.480 e. The van der Waals surface area contributed by atoms with Crippen molar-refractivity contribution in [3.63, 3.8) is 0 Å². The molecule has 1 heterocycles. The summed E-state index contributed by atoms with van der Waals surface area (Å²) < 4.78 is 23.7. The zero-order chi connectivity index (χ0) is 13.3. The van der Waals surface area contributed by atoms with Crippen LogP contribution in [0.2, 0.25) is 0 Å². The van der Waals surface area contributed by atoms with Crippen molar-refractivity contribution in [1.29, 1.82) is 0 Å². The van der Waals surface area contributed by atoms with Crippen molar-refractivity contribution in [3.05, 3.63) is 16.0 Å². The Morgan fingerprint density at radius 1 is 1.65 bits per heavy atom. The first-order chi connectivity index (χ1) is 7.67. The Bertz CT molecular complexity index is 525. The summed E-state index contributed by atoms with van der Waals surface area (Å²) in [6.07, 6.45) is 4.27. The molecule has 17 heavy (non-hydrogen) atoms. The maximum atomic E-state index is 11.5. The molecule has 0 radical (unpaired) electrons. The number of aromatic nitrogens is 2. The maximum absolute atomic E-state index is 11.5. The number of rotatable bonds is 5. The van der Waals surface area contributed by atoms with Gasteiger partial charge in [-0.3, -0.25) is 9.48 Å². The lowest BCUT2D eigenvalue weighted by molar-refractivity contribution is -0.139. The topological polar surface area (TPSA) is 89.3 Å². The van der Waals surface area contributed by atoms with Crippen LogP contribution in [0.5, 0.6) is 0 Å². The number of hydrogen-bond donors (Lipinski definition) is 1. The van der Waals surface area contributed by atoms with Crippen molar-refractivity contribution >= 4 is 38.4 Å². The molecule has 0 aliphatic heterocycles. The molecular formula is C9H13IN2O4S. The highest BCUT2D eigenvalue weighted by Gasteiger charge is 2.43. The number of carbonyl (C=O) groups is 1. The lowest BCUT2D eigenvalue weighted by Crippen LogP contribution is -2.43. The van der Waals surface area contributed by atoms with E-state index in [0.717, 1.165) is 9.83 Å². The van der Waals surface area contributed by atoms with E-state index in [9.17, 15) is 13.2 Å². The van der Waals surface area contributed by atoms with Gasteiger partial charge in [-0.2, -0.15) is 5.10 Å². The molecule has 0 fully saturated rings. The number of hydrogen-bond acceptors (Lipinski definition) is 4. The predicted molar refractivity (Wildman–Crippen MR) is 70.4 cm³/mol. The lowest BCUT2D eigenvalue weighted by atomic mass is 10.1. The highest BCUT2D eigenvalue weighted by molar-refractivity contribution is 14.1. The molecule has 8 heteroatoms. The standard InChI is InChI=1S/C9H13IN2O4S/c1-9(8(13)14,17(2,15)16)3-4-12-6-7(10)5-11-12/h5-6H,3-4H2,1-2H3,(H,13,14)/t9-/m1/s1. The van der Waals surface area contributed by atoms with E-state index in [4.69, 9.17) is 5.11 Å². The van der Waals surface area contributed by atoms with Crippen LogP contribution in [-0.2, 0) is 21.2 Å². The molecule has 0 amide bonds. The highest BCUT2D eigenvalue weighted by atomic mass is 127. The van der Waals surface area contributed by atoms with Gasteiger partial charge in [0.1, 0.15) is 0 Å². The monoisotopic (exact) mass is 372 g/mol. The second-order valence-electron chi connectivity index (χ2n) is 3.98. The lowest BCUT2D eigenvalue weighted by Gasteiger charge is -2.22. The zero-order valence-corrected chi connectivity index (χ0v) is 12.4. The molecule has 1 N–H and O–H groups in total. The Balaban J connectivity index is 2.87. The van der Waals surface area contributed by atoms with Crippen LogP contribution < -0.4 is 0 Å². The van der Waals surface area contributed by atoms with E-state index in [1.165, 1.54) is 11.6 Å².